The van der Waals surface area contributed by atoms with Gasteiger partial charge in [0, 0.05) is 17.1 Å². The molecule has 0 radical (unpaired) electrons. The summed E-state index contributed by atoms with van der Waals surface area (Å²) in [5.41, 5.74) is 1.94. The summed E-state index contributed by atoms with van der Waals surface area (Å²) >= 11 is 1.29. The van der Waals surface area contributed by atoms with E-state index in [0.29, 0.717) is 5.56 Å². The molecule has 5 nitrogen and oxygen atoms in total. The Labute approximate surface area is 152 Å². The highest BCUT2D eigenvalue weighted by molar-refractivity contribution is 8.57. The summed E-state index contributed by atoms with van der Waals surface area (Å²) in [6, 6.07) is 16.8. The highest BCUT2D eigenvalue weighted by Gasteiger charge is 2.21. The number of hydrogen-bond acceptors (Lipinski definition) is 5. The summed E-state index contributed by atoms with van der Waals surface area (Å²) in [7, 11) is 1.38. The van der Waals surface area contributed by atoms with Crippen LogP contribution >= 0.6 is 17.7 Å². The molecule has 1 N–H and O–H groups in total. The van der Waals surface area contributed by atoms with Crippen LogP contribution in [0.25, 0.3) is 0 Å². The van der Waals surface area contributed by atoms with E-state index >= 15 is 0 Å². The van der Waals surface area contributed by atoms with Crippen LogP contribution in [-0.2, 0) is 14.2 Å². The molecule has 0 saturated heterocycles. The average Bonchev–Trinajstić information content (AvgIpc) is 2.60. The fraction of sp³-hybridized carbons (Fsp3) is 0.222. The number of carbonyl (C=O) groups excluding carboxylic acids is 1. The van der Waals surface area contributed by atoms with Crippen molar-refractivity contribution in [2.24, 2.45) is 5.16 Å². The van der Waals surface area contributed by atoms with Crippen LogP contribution in [-0.4, -0.2) is 31.7 Å². The quantitative estimate of drug-likeness (QED) is 0.448. The Hall–Kier alpha value is -2.04. The summed E-state index contributed by atoms with van der Waals surface area (Å²) in [5.74, 6) is -0.417. The van der Waals surface area contributed by atoms with Gasteiger partial charge in [0.15, 0.2) is 12.1 Å². The molecule has 0 aromatic heterocycles. The van der Waals surface area contributed by atoms with Gasteiger partial charge in [0.05, 0.1) is 6.29 Å². The summed E-state index contributed by atoms with van der Waals surface area (Å²) in [6.45, 7) is 3.66. The highest BCUT2D eigenvalue weighted by atomic mass is 32.7. The van der Waals surface area contributed by atoms with Crippen LogP contribution in [0.2, 0.25) is 0 Å². The van der Waals surface area contributed by atoms with Crippen molar-refractivity contribution in [1.29, 1.82) is 0 Å². The summed E-state index contributed by atoms with van der Waals surface area (Å²) in [4.78, 5) is 18.1. The molecule has 2 rings (SSSR count). The molecule has 0 spiro atoms. The van der Waals surface area contributed by atoms with E-state index in [-0.39, 0.29) is 12.0 Å². The van der Waals surface area contributed by atoms with Crippen molar-refractivity contribution >= 4 is 29.3 Å². The smallest absolute Gasteiger partial charge is 0.274 e. The van der Waals surface area contributed by atoms with Gasteiger partial charge >= 0.3 is 0 Å². The van der Waals surface area contributed by atoms with Gasteiger partial charge in [-0.15, -0.1) is 0 Å². The molecule has 0 aliphatic rings. The van der Waals surface area contributed by atoms with Gasteiger partial charge in [-0.05, 0) is 19.1 Å². The first-order chi connectivity index (χ1) is 11.9. The summed E-state index contributed by atoms with van der Waals surface area (Å²) < 4.78 is 12.8. The molecule has 7 heteroatoms. The van der Waals surface area contributed by atoms with Gasteiger partial charge in [0.2, 0.25) is 0 Å². The monoisotopic (exact) mass is 376 g/mol. The van der Waals surface area contributed by atoms with Crippen molar-refractivity contribution in [3.8, 4) is 0 Å². The maximum atomic E-state index is 12.8. The van der Waals surface area contributed by atoms with Crippen LogP contribution < -0.4 is 5.32 Å². The zero-order valence-electron chi connectivity index (χ0n) is 14.4. The summed E-state index contributed by atoms with van der Waals surface area (Å²) in [5, 5.41) is 6.50. The zero-order valence-corrected chi connectivity index (χ0v) is 16.1. The molecular weight excluding hydrogens is 355 g/mol. The van der Waals surface area contributed by atoms with E-state index < -0.39 is 12.3 Å². The fourth-order valence-electron chi connectivity index (χ4n) is 2.07. The Morgan fingerprint density at radius 1 is 1.16 bits per heavy atom. The maximum Gasteiger partial charge on any atom is 0.274 e. The number of rotatable bonds is 7. The largest absolute Gasteiger partial charge is 0.398 e. The first-order valence-electron chi connectivity index (χ1n) is 7.69. The molecule has 0 heterocycles. The molecule has 0 bridgehead atoms. The van der Waals surface area contributed by atoms with Gasteiger partial charge in [-0.25, -0.2) is 0 Å². The second kappa shape index (κ2) is 8.88. The number of aryl methyl sites for hydroxylation is 1. The van der Waals surface area contributed by atoms with Gasteiger partial charge in [-0.1, -0.05) is 64.6 Å². The van der Waals surface area contributed by atoms with E-state index in [4.69, 9.17) is 4.84 Å². The van der Waals surface area contributed by atoms with Crippen LogP contribution in [0.5, 0.6) is 0 Å². The molecule has 1 unspecified atom stereocenters. The zero-order chi connectivity index (χ0) is 18.3. The van der Waals surface area contributed by atoms with Gasteiger partial charge in [0.25, 0.3) is 5.91 Å². The topological polar surface area (TPSA) is 67.8 Å². The van der Waals surface area contributed by atoms with Crippen molar-refractivity contribution in [2.45, 2.75) is 11.8 Å². The molecule has 1 amide bonds. The van der Waals surface area contributed by atoms with Crippen molar-refractivity contribution in [1.82, 2.24) is 5.32 Å². The highest BCUT2D eigenvalue weighted by Crippen LogP contribution is 2.57. The number of nitrogens with one attached hydrogen (secondary N) is 1. The fourth-order valence-corrected chi connectivity index (χ4v) is 5.36. The van der Waals surface area contributed by atoms with Gasteiger partial charge in [-0.3, -0.25) is 4.79 Å². The Bertz CT molecular complexity index is 792. The van der Waals surface area contributed by atoms with E-state index in [9.17, 15) is 9.36 Å². The SMILES string of the molecule is CO/N=C(\C(=O)NCP(C)(=O)Sc1ccc(C)cc1)c1ccccc1. The minimum atomic E-state index is -2.64. The van der Waals surface area contributed by atoms with E-state index in [1.807, 2.05) is 49.4 Å². The molecule has 2 aromatic rings. The van der Waals surface area contributed by atoms with Crippen LogP contribution in [0.1, 0.15) is 11.1 Å². The van der Waals surface area contributed by atoms with Gasteiger partial charge in [0.1, 0.15) is 7.11 Å². The van der Waals surface area contributed by atoms with Crippen molar-refractivity contribution in [3.05, 3.63) is 65.7 Å². The first kappa shape index (κ1) is 19.3. The second-order valence-electron chi connectivity index (χ2n) is 5.57. The molecule has 0 aliphatic carbocycles. The molecule has 0 aliphatic heterocycles. The predicted molar refractivity (Wildman–Crippen MR) is 104 cm³/mol. The number of oxime groups is 1. The molecular formula is C18H21N2O3PS. The number of hydrogen-bond donors (Lipinski definition) is 1. The lowest BCUT2D eigenvalue weighted by Gasteiger charge is -2.14. The Balaban J connectivity index is 2.02. The van der Waals surface area contributed by atoms with Gasteiger partial charge in [-0.2, -0.15) is 0 Å². The molecule has 25 heavy (non-hydrogen) atoms. The lowest BCUT2D eigenvalue weighted by molar-refractivity contribution is -0.114. The van der Waals surface area contributed by atoms with E-state index in [1.165, 1.54) is 18.5 Å². The van der Waals surface area contributed by atoms with Crippen LogP contribution in [0.4, 0.5) is 0 Å². The minimum Gasteiger partial charge on any atom is -0.398 e. The third-order valence-corrected chi connectivity index (χ3v) is 7.07. The predicted octanol–water partition coefficient (Wildman–Crippen LogP) is 4.12. The van der Waals surface area contributed by atoms with Crippen LogP contribution in [0.15, 0.2) is 64.6 Å². The third-order valence-electron chi connectivity index (χ3n) is 3.29. The number of amides is 1. The summed E-state index contributed by atoms with van der Waals surface area (Å²) in [6.07, 6.45) is -2.58. The van der Waals surface area contributed by atoms with Crippen LogP contribution in [0.3, 0.4) is 0 Å². The Morgan fingerprint density at radius 2 is 1.80 bits per heavy atom. The molecule has 2 aromatic carbocycles. The van der Waals surface area contributed by atoms with Crippen molar-refractivity contribution in [3.63, 3.8) is 0 Å². The van der Waals surface area contributed by atoms with Gasteiger partial charge < -0.3 is 14.7 Å². The maximum absolute atomic E-state index is 12.8. The van der Waals surface area contributed by atoms with E-state index in [0.717, 1.165) is 10.5 Å². The minimum absolute atomic E-state index is 0.0694. The average molecular weight is 376 g/mol. The normalized spacial score (nSPS) is 13.8. The van der Waals surface area contributed by atoms with E-state index in [2.05, 4.69) is 10.5 Å². The van der Waals surface area contributed by atoms with Crippen LogP contribution in [0, 0.1) is 6.92 Å². The number of benzene rings is 2. The number of carbonyl (C=O) groups is 1. The van der Waals surface area contributed by atoms with Crippen molar-refractivity contribution < 1.29 is 14.2 Å². The Morgan fingerprint density at radius 3 is 2.40 bits per heavy atom. The number of nitrogens with zero attached hydrogens (tertiary/aromatic N) is 1. The molecule has 132 valence electrons. The van der Waals surface area contributed by atoms with E-state index in [1.54, 1.807) is 18.8 Å². The molecule has 0 fully saturated rings. The second-order valence-corrected chi connectivity index (χ2v) is 11.4. The molecule has 0 saturated carbocycles. The first-order valence-corrected chi connectivity index (χ1v) is 11.4. The standard InChI is InChI=1S/C18H21N2O3PS/c1-14-9-11-16(12-10-14)25-24(3,22)13-19-18(21)17(20-23-2)15-7-5-4-6-8-15/h4-12H,13H2,1-3H3,(H,19,21)/b20-17-. The lowest BCUT2D eigenvalue weighted by atomic mass is 10.1. The third kappa shape index (κ3) is 6.07. The Kier molecular flexibility index (Phi) is 6.85. The molecule has 1 atom stereocenters. The van der Waals surface area contributed by atoms with Crippen molar-refractivity contribution in [2.75, 3.05) is 20.1 Å². The lowest BCUT2D eigenvalue weighted by Crippen LogP contribution is -2.32.